The Morgan fingerprint density at radius 1 is 0.970 bits per heavy atom. The molecule has 1 heterocycles. The van der Waals surface area contributed by atoms with Crippen molar-refractivity contribution < 1.29 is 43.5 Å². The highest BCUT2D eigenvalue weighted by molar-refractivity contribution is 5.78. The lowest BCUT2D eigenvalue weighted by Crippen LogP contribution is -2.20. The number of rotatable bonds is 10. The largest absolute Gasteiger partial charge is 0.504 e. The summed E-state index contributed by atoms with van der Waals surface area (Å²) in [5.74, 6) is -1.56. The summed E-state index contributed by atoms with van der Waals surface area (Å²) in [4.78, 5) is 34.8. The van der Waals surface area contributed by atoms with Gasteiger partial charge < -0.3 is 29.2 Å². The minimum absolute atomic E-state index is 0.0302. The van der Waals surface area contributed by atoms with Crippen LogP contribution in [-0.4, -0.2) is 48.9 Å². The molecule has 2 aromatic carbocycles. The van der Waals surface area contributed by atoms with E-state index in [0.717, 1.165) is 11.1 Å². The van der Waals surface area contributed by atoms with Crippen molar-refractivity contribution in [1.82, 2.24) is 0 Å². The van der Waals surface area contributed by atoms with Gasteiger partial charge in [-0.25, -0.2) is 0 Å². The third-order valence-electron chi connectivity index (χ3n) is 5.50. The fourth-order valence-corrected chi connectivity index (χ4v) is 3.77. The zero-order valence-corrected chi connectivity index (χ0v) is 18.4. The fraction of sp³-hybridized carbons (Fsp3) is 0.375. The Labute approximate surface area is 190 Å². The van der Waals surface area contributed by atoms with Crippen molar-refractivity contribution in [2.45, 2.75) is 25.7 Å². The fourth-order valence-electron chi connectivity index (χ4n) is 3.77. The maximum atomic E-state index is 12.4. The maximum Gasteiger partial charge on any atom is 0.311 e. The average molecular weight is 458 g/mol. The molecule has 0 unspecified atom stereocenters. The van der Waals surface area contributed by atoms with Crippen molar-refractivity contribution in [3.05, 3.63) is 47.5 Å². The van der Waals surface area contributed by atoms with E-state index in [1.54, 1.807) is 30.3 Å². The van der Waals surface area contributed by atoms with E-state index in [-0.39, 0.29) is 48.8 Å². The lowest BCUT2D eigenvalue weighted by atomic mass is 9.85. The van der Waals surface area contributed by atoms with Gasteiger partial charge in [-0.1, -0.05) is 12.1 Å². The number of aliphatic carboxylic acids is 1. The van der Waals surface area contributed by atoms with Crippen LogP contribution in [0.2, 0.25) is 0 Å². The van der Waals surface area contributed by atoms with Gasteiger partial charge in [0.25, 0.3) is 0 Å². The molecule has 1 fully saturated rings. The summed E-state index contributed by atoms with van der Waals surface area (Å²) in [6.07, 6.45) is 0.417. The summed E-state index contributed by atoms with van der Waals surface area (Å²) in [5, 5.41) is 18.5. The minimum Gasteiger partial charge on any atom is -0.504 e. The third kappa shape index (κ3) is 6.15. The monoisotopic (exact) mass is 458 g/mol. The Kier molecular flexibility index (Phi) is 7.76. The Hall–Kier alpha value is -3.75. The summed E-state index contributed by atoms with van der Waals surface area (Å²) in [7, 11) is 2.91. The summed E-state index contributed by atoms with van der Waals surface area (Å²) in [6.45, 7) is 0.285. The summed E-state index contributed by atoms with van der Waals surface area (Å²) in [6, 6.07) is 10.1. The van der Waals surface area contributed by atoms with Gasteiger partial charge in [-0.3, -0.25) is 14.4 Å². The topological polar surface area (TPSA) is 129 Å². The van der Waals surface area contributed by atoms with Gasteiger partial charge in [0.2, 0.25) is 0 Å². The molecule has 1 aliphatic heterocycles. The second-order valence-corrected chi connectivity index (χ2v) is 7.76. The van der Waals surface area contributed by atoms with E-state index in [9.17, 15) is 19.5 Å². The average Bonchev–Trinajstić information content (AvgIpc) is 3.13. The number of carboxylic acids is 1. The van der Waals surface area contributed by atoms with Gasteiger partial charge in [0.15, 0.2) is 23.0 Å². The molecule has 0 aliphatic carbocycles. The van der Waals surface area contributed by atoms with E-state index in [1.165, 1.54) is 20.3 Å². The number of carboxylic acid groups (broad SMARTS) is 1. The number of ether oxygens (including phenoxy) is 4. The van der Waals surface area contributed by atoms with Gasteiger partial charge in [0.05, 0.1) is 39.6 Å². The molecule has 3 rings (SSSR count). The van der Waals surface area contributed by atoms with Gasteiger partial charge in [-0.2, -0.15) is 0 Å². The van der Waals surface area contributed by atoms with E-state index in [2.05, 4.69) is 0 Å². The molecule has 1 aliphatic rings. The standard InChI is InChI=1S/C24H26O9/c1-30-20-11-15(3-5-18(20)25)10-17-16(13-32-24(17)29)9-14-4-6-19(21(12-14)31-2)33-23(28)8-7-22(26)27/h3-6,11-12,16-17,25H,7-10,13H2,1-2H3,(H,26,27)/t16-,17+/m0/s1. The number of hydrogen-bond donors (Lipinski definition) is 2. The molecule has 0 radical (unpaired) electrons. The number of phenolic OH excluding ortho intramolecular Hbond substituents is 1. The van der Waals surface area contributed by atoms with Crippen molar-refractivity contribution in [1.29, 1.82) is 0 Å². The zero-order chi connectivity index (χ0) is 24.0. The van der Waals surface area contributed by atoms with Crippen LogP contribution in [0.4, 0.5) is 0 Å². The van der Waals surface area contributed by atoms with Crippen molar-refractivity contribution in [3.8, 4) is 23.0 Å². The highest BCUT2D eigenvalue weighted by atomic mass is 16.6. The van der Waals surface area contributed by atoms with Crippen LogP contribution in [0.1, 0.15) is 24.0 Å². The molecule has 176 valence electrons. The minimum atomic E-state index is -1.08. The molecule has 0 spiro atoms. The summed E-state index contributed by atoms with van der Waals surface area (Å²) < 4.78 is 21.0. The number of hydrogen-bond acceptors (Lipinski definition) is 8. The molecular weight excluding hydrogens is 432 g/mol. The van der Waals surface area contributed by atoms with Crippen LogP contribution in [0.5, 0.6) is 23.0 Å². The molecule has 2 N–H and O–H groups in total. The first-order valence-electron chi connectivity index (χ1n) is 10.4. The van der Waals surface area contributed by atoms with Gasteiger partial charge in [-0.05, 0) is 48.2 Å². The molecule has 2 atom stereocenters. The Morgan fingerprint density at radius 2 is 1.64 bits per heavy atom. The summed E-state index contributed by atoms with van der Waals surface area (Å²) >= 11 is 0. The zero-order valence-electron chi connectivity index (χ0n) is 18.4. The number of benzene rings is 2. The lowest BCUT2D eigenvalue weighted by molar-refractivity contribution is -0.142. The van der Waals surface area contributed by atoms with E-state index in [4.69, 9.17) is 24.1 Å². The summed E-state index contributed by atoms with van der Waals surface area (Å²) in [5.41, 5.74) is 1.72. The van der Waals surface area contributed by atoms with Crippen LogP contribution in [0.25, 0.3) is 0 Å². The van der Waals surface area contributed by atoms with Crippen molar-refractivity contribution in [3.63, 3.8) is 0 Å². The third-order valence-corrected chi connectivity index (χ3v) is 5.50. The normalized spacial score (nSPS) is 17.3. The van der Waals surface area contributed by atoms with Gasteiger partial charge in [0.1, 0.15) is 0 Å². The predicted molar refractivity (Wildman–Crippen MR) is 116 cm³/mol. The smallest absolute Gasteiger partial charge is 0.311 e. The SMILES string of the molecule is COc1cc(C[C@H]2C(=O)OC[C@@H]2Cc2ccc(OC(=O)CCC(=O)O)c(OC)c2)ccc1O. The van der Waals surface area contributed by atoms with Gasteiger partial charge >= 0.3 is 17.9 Å². The molecule has 9 heteroatoms. The van der Waals surface area contributed by atoms with Crippen LogP contribution in [-0.2, 0) is 32.0 Å². The molecular formula is C24H26O9. The highest BCUT2D eigenvalue weighted by Gasteiger charge is 2.37. The molecule has 9 nitrogen and oxygen atoms in total. The van der Waals surface area contributed by atoms with E-state index in [0.29, 0.717) is 24.3 Å². The molecule has 0 aromatic heterocycles. The number of cyclic esters (lactones) is 1. The van der Waals surface area contributed by atoms with Gasteiger partial charge in [0, 0.05) is 5.92 Å². The Morgan fingerprint density at radius 3 is 2.33 bits per heavy atom. The molecule has 0 amide bonds. The first-order chi connectivity index (χ1) is 15.8. The first kappa shape index (κ1) is 23.9. The maximum absolute atomic E-state index is 12.4. The van der Waals surface area contributed by atoms with E-state index in [1.807, 2.05) is 0 Å². The molecule has 2 aromatic rings. The van der Waals surface area contributed by atoms with Crippen LogP contribution in [0.3, 0.4) is 0 Å². The van der Waals surface area contributed by atoms with Crippen LogP contribution >= 0.6 is 0 Å². The number of phenols is 1. The van der Waals surface area contributed by atoms with Gasteiger partial charge in [-0.15, -0.1) is 0 Å². The number of aromatic hydroxyl groups is 1. The molecule has 1 saturated heterocycles. The van der Waals surface area contributed by atoms with Crippen LogP contribution in [0.15, 0.2) is 36.4 Å². The Bertz CT molecular complexity index is 1030. The number of carbonyl (C=O) groups is 3. The van der Waals surface area contributed by atoms with Crippen LogP contribution < -0.4 is 14.2 Å². The molecule has 0 saturated carbocycles. The predicted octanol–water partition coefficient (Wildman–Crippen LogP) is 2.75. The highest BCUT2D eigenvalue weighted by Crippen LogP contribution is 2.34. The lowest BCUT2D eigenvalue weighted by Gasteiger charge is -2.17. The Balaban J connectivity index is 1.70. The van der Waals surface area contributed by atoms with Crippen LogP contribution in [0, 0.1) is 11.8 Å². The van der Waals surface area contributed by atoms with E-state index >= 15 is 0 Å². The quantitative estimate of drug-likeness (QED) is 0.408. The van der Waals surface area contributed by atoms with Crippen molar-refractivity contribution >= 4 is 17.9 Å². The molecule has 33 heavy (non-hydrogen) atoms. The van der Waals surface area contributed by atoms with Crippen molar-refractivity contribution in [2.75, 3.05) is 20.8 Å². The number of carbonyl (C=O) groups excluding carboxylic acids is 2. The number of esters is 2. The molecule has 0 bridgehead atoms. The number of methoxy groups -OCH3 is 2. The van der Waals surface area contributed by atoms with Crippen molar-refractivity contribution in [2.24, 2.45) is 11.8 Å². The second kappa shape index (κ2) is 10.7. The first-order valence-corrected chi connectivity index (χ1v) is 10.4. The second-order valence-electron chi connectivity index (χ2n) is 7.76. The van der Waals surface area contributed by atoms with E-state index < -0.39 is 11.9 Å².